The molecule has 27 heavy (non-hydrogen) atoms. The number of hydrogen-bond donors (Lipinski definition) is 1. The summed E-state index contributed by atoms with van der Waals surface area (Å²) in [5.41, 5.74) is 3.67. The molecule has 0 spiro atoms. The van der Waals surface area contributed by atoms with Gasteiger partial charge in [-0.2, -0.15) is 10.2 Å². The molecule has 0 aliphatic carbocycles. The van der Waals surface area contributed by atoms with Crippen molar-refractivity contribution in [2.45, 2.75) is 38.1 Å². The second kappa shape index (κ2) is 8.16. The molecular weight excluding hydrogens is 340 g/mol. The lowest BCUT2D eigenvalue weighted by Gasteiger charge is -2.33. The molecule has 1 amide bonds. The van der Waals surface area contributed by atoms with E-state index >= 15 is 0 Å². The Morgan fingerprint density at radius 1 is 1.26 bits per heavy atom. The van der Waals surface area contributed by atoms with Crippen LogP contribution in [0.1, 0.15) is 42.0 Å². The summed E-state index contributed by atoms with van der Waals surface area (Å²) in [5.74, 6) is 0.495. The van der Waals surface area contributed by atoms with Crippen molar-refractivity contribution in [3.8, 4) is 0 Å². The molecule has 0 saturated carbocycles. The van der Waals surface area contributed by atoms with Gasteiger partial charge in [-0.1, -0.05) is 30.3 Å². The van der Waals surface area contributed by atoms with Gasteiger partial charge >= 0.3 is 0 Å². The first-order valence-electron chi connectivity index (χ1n) is 9.46. The van der Waals surface area contributed by atoms with Crippen molar-refractivity contribution in [3.63, 3.8) is 0 Å². The Labute approximate surface area is 158 Å². The molecule has 7 nitrogen and oxygen atoms in total. The number of carbonyl (C=O) groups excluding carboxylic acids is 1. The lowest BCUT2D eigenvalue weighted by molar-refractivity contribution is -0.132. The molecule has 4 rings (SSSR count). The normalized spacial score (nSPS) is 17.2. The van der Waals surface area contributed by atoms with Crippen molar-refractivity contribution in [2.75, 3.05) is 13.1 Å². The predicted molar refractivity (Wildman–Crippen MR) is 101 cm³/mol. The fraction of sp³-hybridized carbons (Fsp3) is 0.400. The molecule has 1 aliphatic rings. The first-order chi connectivity index (χ1) is 13.3. The number of benzene rings is 1. The second-order valence-corrected chi connectivity index (χ2v) is 7.06. The van der Waals surface area contributed by atoms with Gasteiger partial charge in [-0.15, -0.1) is 0 Å². The smallest absolute Gasteiger partial charge is 0.224 e. The van der Waals surface area contributed by atoms with Gasteiger partial charge in [0, 0.05) is 37.5 Å². The third-order valence-corrected chi connectivity index (χ3v) is 5.19. The average molecular weight is 364 g/mol. The van der Waals surface area contributed by atoms with Gasteiger partial charge in [0.1, 0.15) is 12.7 Å². The number of rotatable bonds is 6. The highest BCUT2D eigenvalue weighted by Crippen LogP contribution is 2.29. The third-order valence-electron chi connectivity index (χ3n) is 5.19. The van der Waals surface area contributed by atoms with Crippen molar-refractivity contribution < 1.29 is 4.79 Å². The summed E-state index contributed by atoms with van der Waals surface area (Å²) in [7, 11) is 0. The quantitative estimate of drug-likeness (QED) is 0.728. The average Bonchev–Trinajstić information content (AvgIpc) is 3.39. The molecular formula is C20H24N6O. The van der Waals surface area contributed by atoms with E-state index in [-0.39, 0.29) is 5.91 Å². The number of aryl methyl sites for hydroxylation is 1. The Morgan fingerprint density at radius 2 is 2.15 bits per heavy atom. The highest BCUT2D eigenvalue weighted by molar-refractivity contribution is 5.76. The molecule has 1 aromatic carbocycles. The van der Waals surface area contributed by atoms with Crippen LogP contribution in [0.25, 0.3) is 0 Å². The molecule has 2 aromatic heterocycles. The zero-order chi connectivity index (χ0) is 18.5. The summed E-state index contributed by atoms with van der Waals surface area (Å²) in [6.45, 7) is 2.15. The summed E-state index contributed by atoms with van der Waals surface area (Å²) in [4.78, 5) is 18.5. The number of nitrogens with one attached hydrogen (secondary N) is 1. The maximum absolute atomic E-state index is 12.6. The Balaban J connectivity index is 1.40. The fourth-order valence-electron chi connectivity index (χ4n) is 3.79. The SMILES string of the molecule is O=C(CCn1cncn1)N1CCC[C@H](c2[nH]ncc2Cc2ccccc2)C1. The van der Waals surface area contributed by atoms with Crippen LogP contribution in [-0.2, 0) is 17.8 Å². The molecule has 0 radical (unpaired) electrons. The maximum atomic E-state index is 12.6. The number of aromatic amines is 1. The minimum Gasteiger partial charge on any atom is -0.342 e. The van der Waals surface area contributed by atoms with Crippen LogP contribution in [0.4, 0.5) is 0 Å². The Bertz CT molecular complexity index is 858. The maximum Gasteiger partial charge on any atom is 0.224 e. The van der Waals surface area contributed by atoms with Crippen LogP contribution in [0, 0.1) is 0 Å². The van der Waals surface area contributed by atoms with E-state index in [4.69, 9.17) is 0 Å². The van der Waals surface area contributed by atoms with E-state index in [0.29, 0.717) is 18.9 Å². The molecule has 0 unspecified atom stereocenters. The van der Waals surface area contributed by atoms with Crippen LogP contribution in [0.5, 0.6) is 0 Å². The van der Waals surface area contributed by atoms with Crippen molar-refractivity contribution in [1.29, 1.82) is 0 Å². The zero-order valence-corrected chi connectivity index (χ0v) is 15.3. The molecule has 1 fully saturated rings. The summed E-state index contributed by atoms with van der Waals surface area (Å²) in [6, 6.07) is 10.4. The second-order valence-electron chi connectivity index (χ2n) is 7.06. The molecule has 1 aliphatic heterocycles. The van der Waals surface area contributed by atoms with Gasteiger partial charge in [0.2, 0.25) is 5.91 Å². The van der Waals surface area contributed by atoms with Crippen LogP contribution in [0.2, 0.25) is 0 Å². The molecule has 7 heteroatoms. The molecule has 1 saturated heterocycles. The van der Waals surface area contributed by atoms with Gasteiger partial charge in [0.05, 0.1) is 12.7 Å². The van der Waals surface area contributed by atoms with Gasteiger partial charge < -0.3 is 4.90 Å². The van der Waals surface area contributed by atoms with Crippen molar-refractivity contribution in [3.05, 3.63) is 66.0 Å². The van der Waals surface area contributed by atoms with Gasteiger partial charge in [0.25, 0.3) is 0 Å². The predicted octanol–water partition coefficient (Wildman–Crippen LogP) is 2.39. The van der Waals surface area contributed by atoms with Gasteiger partial charge in [-0.3, -0.25) is 14.6 Å². The summed E-state index contributed by atoms with van der Waals surface area (Å²) < 4.78 is 1.70. The third kappa shape index (κ3) is 4.24. The van der Waals surface area contributed by atoms with Gasteiger partial charge in [-0.05, 0) is 24.0 Å². The van der Waals surface area contributed by atoms with Crippen molar-refractivity contribution in [1.82, 2.24) is 29.9 Å². The molecule has 0 bridgehead atoms. The van der Waals surface area contributed by atoms with E-state index in [1.54, 1.807) is 11.0 Å². The van der Waals surface area contributed by atoms with Gasteiger partial charge in [0.15, 0.2) is 0 Å². The number of H-pyrrole nitrogens is 1. The number of nitrogens with zero attached hydrogens (tertiary/aromatic N) is 5. The standard InChI is InChI=1S/C20H24N6O/c27-19(8-10-26-15-21-14-23-26)25-9-4-7-17(13-25)20-18(12-22-24-20)11-16-5-2-1-3-6-16/h1-3,5-6,12,14-15,17H,4,7-11,13H2,(H,22,24)/t17-/m0/s1. The number of hydrogen-bond acceptors (Lipinski definition) is 4. The van der Waals surface area contributed by atoms with Crippen LogP contribution >= 0.6 is 0 Å². The monoisotopic (exact) mass is 364 g/mol. The molecule has 140 valence electrons. The first kappa shape index (κ1) is 17.5. The van der Waals surface area contributed by atoms with E-state index in [9.17, 15) is 4.79 Å². The zero-order valence-electron chi connectivity index (χ0n) is 15.3. The highest BCUT2D eigenvalue weighted by atomic mass is 16.2. The topological polar surface area (TPSA) is 79.7 Å². The number of carbonyl (C=O) groups is 1. The number of piperidine rings is 1. The first-order valence-corrected chi connectivity index (χ1v) is 9.46. The Morgan fingerprint density at radius 3 is 2.96 bits per heavy atom. The largest absolute Gasteiger partial charge is 0.342 e. The lowest BCUT2D eigenvalue weighted by Crippen LogP contribution is -2.39. The summed E-state index contributed by atoms with van der Waals surface area (Å²) in [5, 5.41) is 11.5. The number of likely N-dealkylation sites (tertiary alicyclic amines) is 1. The van der Waals surface area contributed by atoms with E-state index < -0.39 is 0 Å². The number of aromatic nitrogens is 5. The summed E-state index contributed by atoms with van der Waals surface area (Å²) in [6.07, 6.45) is 8.48. The van der Waals surface area contributed by atoms with Crippen LogP contribution in [-0.4, -0.2) is 48.9 Å². The highest BCUT2D eigenvalue weighted by Gasteiger charge is 2.27. The molecule has 3 aromatic rings. The van der Waals surface area contributed by atoms with Gasteiger partial charge in [-0.25, -0.2) is 4.98 Å². The minimum atomic E-state index is 0.180. The van der Waals surface area contributed by atoms with Crippen molar-refractivity contribution in [2.24, 2.45) is 0 Å². The molecule has 3 heterocycles. The minimum absolute atomic E-state index is 0.180. The Kier molecular flexibility index (Phi) is 5.27. The van der Waals surface area contributed by atoms with E-state index in [0.717, 1.165) is 32.4 Å². The van der Waals surface area contributed by atoms with Crippen LogP contribution in [0.15, 0.2) is 49.2 Å². The lowest BCUT2D eigenvalue weighted by atomic mass is 9.90. The van der Waals surface area contributed by atoms with Crippen LogP contribution < -0.4 is 0 Å². The summed E-state index contributed by atoms with van der Waals surface area (Å²) >= 11 is 0. The van der Waals surface area contributed by atoms with E-state index in [2.05, 4.69) is 44.5 Å². The molecule has 1 N–H and O–H groups in total. The van der Waals surface area contributed by atoms with E-state index in [1.165, 1.54) is 23.1 Å². The van der Waals surface area contributed by atoms with Crippen molar-refractivity contribution >= 4 is 5.91 Å². The number of amides is 1. The van der Waals surface area contributed by atoms with Crippen LogP contribution in [0.3, 0.4) is 0 Å². The Hall–Kier alpha value is -2.96. The van der Waals surface area contributed by atoms with E-state index in [1.807, 2.05) is 17.2 Å². The fourth-order valence-corrected chi connectivity index (χ4v) is 3.79. The molecule has 1 atom stereocenters.